The van der Waals surface area contributed by atoms with E-state index in [4.69, 9.17) is 0 Å². The van der Waals surface area contributed by atoms with Crippen molar-refractivity contribution in [2.75, 3.05) is 6.54 Å². The summed E-state index contributed by atoms with van der Waals surface area (Å²) in [6.07, 6.45) is 5.06. The zero-order chi connectivity index (χ0) is 11.8. The third-order valence-corrected chi connectivity index (χ3v) is 3.80. The molecule has 0 bridgehead atoms. The highest BCUT2D eigenvalue weighted by atomic mass is 16.2. The maximum atomic E-state index is 12.0. The summed E-state index contributed by atoms with van der Waals surface area (Å²) in [6.45, 7) is 7.14. The van der Waals surface area contributed by atoms with Crippen molar-refractivity contribution in [3.63, 3.8) is 0 Å². The molecule has 1 aliphatic heterocycles. The number of carbonyl (C=O) groups is 1. The van der Waals surface area contributed by atoms with E-state index in [1.54, 1.807) is 0 Å². The van der Waals surface area contributed by atoms with Gasteiger partial charge in [0.15, 0.2) is 0 Å². The van der Waals surface area contributed by atoms with Gasteiger partial charge in [0, 0.05) is 5.54 Å². The van der Waals surface area contributed by atoms with E-state index in [0.29, 0.717) is 0 Å². The predicted molar refractivity (Wildman–Crippen MR) is 65.1 cm³/mol. The minimum absolute atomic E-state index is 0.0403. The first-order valence-electron chi connectivity index (χ1n) is 6.51. The number of hydrogen-bond acceptors (Lipinski definition) is 2. The first kappa shape index (κ1) is 11.9. The molecule has 2 aliphatic rings. The largest absolute Gasteiger partial charge is 0.350 e. The van der Waals surface area contributed by atoms with E-state index >= 15 is 0 Å². The zero-order valence-electron chi connectivity index (χ0n) is 10.7. The second-order valence-electron chi connectivity index (χ2n) is 6.39. The average Bonchev–Trinajstić information content (AvgIpc) is 2.61. The summed E-state index contributed by atoms with van der Waals surface area (Å²) in [5, 5.41) is 6.47. The molecular formula is C13H24N2O. The van der Waals surface area contributed by atoms with Gasteiger partial charge in [-0.05, 0) is 52.0 Å². The van der Waals surface area contributed by atoms with E-state index < -0.39 is 0 Å². The van der Waals surface area contributed by atoms with Crippen molar-refractivity contribution in [2.24, 2.45) is 11.8 Å². The molecule has 1 saturated heterocycles. The number of nitrogens with one attached hydrogen (secondary N) is 2. The van der Waals surface area contributed by atoms with Gasteiger partial charge in [0.05, 0.1) is 6.04 Å². The van der Waals surface area contributed by atoms with E-state index in [1.807, 2.05) is 20.8 Å². The Hall–Kier alpha value is -0.570. The Kier molecular flexibility index (Phi) is 3.24. The molecule has 16 heavy (non-hydrogen) atoms. The van der Waals surface area contributed by atoms with E-state index in [2.05, 4.69) is 10.6 Å². The van der Waals surface area contributed by atoms with Crippen molar-refractivity contribution in [3.8, 4) is 0 Å². The van der Waals surface area contributed by atoms with Crippen LogP contribution in [0.1, 0.15) is 46.5 Å². The highest BCUT2D eigenvalue weighted by Crippen LogP contribution is 2.37. The van der Waals surface area contributed by atoms with Crippen molar-refractivity contribution < 1.29 is 4.79 Å². The zero-order valence-corrected chi connectivity index (χ0v) is 10.7. The van der Waals surface area contributed by atoms with Crippen LogP contribution in [0.15, 0.2) is 0 Å². The fourth-order valence-electron chi connectivity index (χ4n) is 3.03. The monoisotopic (exact) mass is 224 g/mol. The Bertz CT molecular complexity index is 270. The molecule has 2 N–H and O–H groups in total. The predicted octanol–water partition coefficient (Wildman–Crippen LogP) is 1.68. The molecule has 0 aromatic carbocycles. The van der Waals surface area contributed by atoms with Gasteiger partial charge in [-0.1, -0.05) is 12.8 Å². The van der Waals surface area contributed by atoms with Crippen LogP contribution in [0.2, 0.25) is 0 Å². The van der Waals surface area contributed by atoms with Crippen LogP contribution in [0.3, 0.4) is 0 Å². The molecule has 1 amide bonds. The Morgan fingerprint density at radius 3 is 2.62 bits per heavy atom. The lowest BCUT2D eigenvalue weighted by Crippen LogP contribution is -2.54. The average molecular weight is 224 g/mol. The highest BCUT2D eigenvalue weighted by molar-refractivity contribution is 5.82. The van der Waals surface area contributed by atoms with Crippen LogP contribution in [0.4, 0.5) is 0 Å². The van der Waals surface area contributed by atoms with Gasteiger partial charge in [-0.25, -0.2) is 0 Å². The summed E-state index contributed by atoms with van der Waals surface area (Å²) in [4.78, 5) is 12.0. The first-order chi connectivity index (χ1) is 7.46. The van der Waals surface area contributed by atoms with E-state index in [0.717, 1.165) is 24.8 Å². The highest BCUT2D eigenvalue weighted by Gasteiger charge is 2.36. The fourth-order valence-corrected chi connectivity index (χ4v) is 3.03. The van der Waals surface area contributed by atoms with Crippen LogP contribution in [-0.2, 0) is 4.79 Å². The second-order valence-corrected chi connectivity index (χ2v) is 6.39. The maximum Gasteiger partial charge on any atom is 0.237 e. The molecule has 92 valence electrons. The molecule has 3 nitrogen and oxygen atoms in total. The van der Waals surface area contributed by atoms with Gasteiger partial charge in [-0.2, -0.15) is 0 Å². The lowest BCUT2D eigenvalue weighted by Gasteiger charge is -2.34. The second kappa shape index (κ2) is 4.36. The summed E-state index contributed by atoms with van der Waals surface area (Å²) < 4.78 is 0. The van der Waals surface area contributed by atoms with Gasteiger partial charge in [-0.3, -0.25) is 4.79 Å². The summed E-state index contributed by atoms with van der Waals surface area (Å²) >= 11 is 0. The Morgan fingerprint density at radius 1 is 1.25 bits per heavy atom. The van der Waals surface area contributed by atoms with Crippen LogP contribution in [-0.4, -0.2) is 24.0 Å². The molecule has 1 aliphatic carbocycles. The van der Waals surface area contributed by atoms with Gasteiger partial charge in [0.1, 0.15) is 0 Å². The normalized spacial score (nSPS) is 34.6. The topological polar surface area (TPSA) is 41.1 Å². The molecule has 3 heteroatoms. The summed E-state index contributed by atoms with van der Waals surface area (Å²) in [5.74, 6) is 1.80. The van der Waals surface area contributed by atoms with Gasteiger partial charge in [0.25, 0.3) is 0 Å². The van der Waals surface area contributed by atoms with Crippen molar-refractivity contribution in [2.45, 2.75) is 58.0 Å². The van der Waals surface area contributed by atoms with E-state index in [1.165, 1.54) is 19.3 Å². The number of fused-ring (bicyclic) bond motifs is 1. The lowest BCUT2D eigenvalue weighted by atomic mass is 9.85. The number of piperidine rings is 1. The third-order valence-electron chi connectivity index (χ3n) is 3.80. The first-order valence-corrected chi connectivity index (χ1v) is 6.51. The van der Waals surface area contributed by atoms with Gasteiger partial charge in [-0.15, -0.1) is 0 Å². The summed E-state index contributed by atoms with van der Waals surface area (Å²) in [5.41, 5.74) is -0.120. The van der Waals surface area contributed by atoms with Gasteiger partial charge in [0.2, 0.25) is 5.91 Å². The van der Waals surface area contributed by atoms with Crippen LogP contribution >= 0.6 is 0 Å². The number of hydrogen-bond donors (Lipinski definition) is 2. The quantitative estimate of drug-likeness (QED) is 0.711. The van der Waals surface area contributed by atoms with E-state index in [9.17, 15) is 4.79 Å². The van der Waals surface area contributed by atoms with Crippen molar-refractivity contribution in [1.29, 1.82) is 0 Å². The van der Waals surface area contributed by atoms with Gasteiger partial charge >= 0.3 is 0 Å². The Labute approximate surface area is 98.4 Å². The number of carbonyl (C=O) groups excluding carboxylic acids is 1. The van der Waals surface area contributed by atoms with Crippen LogP contribution in [0, 0.1) is 11.8 Å². The molecule has 2 rings (SSSR count). The molecule has 0 aromatic rings. The fraction of sp³-hybridized carbons (Fsp3) is 0.923. The van der Waals surface area contributed by atoms with Crippen LogP contribution < -0.4 is 10.6 Å². The van der Waals surface area contributed by atoms with E-state index in [-0.39, 0.29) is 17.5 Å². The molecule has 3 atom stereocenters. The lowest BCUT2D eigenvalue weighted by molar-refractivity contribution is -0.125. The minimum Gasteiger partial charge on any atom is -0.350 e. The van der Waals surface area contributed by atoms with Crippen LogP contribution in [0.25, 0.3) is 0 Å². The van der Waals surface area contributed by atoms with Crippen LogP contribution in [0.5, 0.6) is 0 Å². The molecule has 2 fully saturated rings. The third kappa shape index (κ3) is 2.76. The molecule has 0 unspecified atom stereocenters. The Balaban J connectivity index is 1.89. The Morgan fingerprint density at radius 2 is 1.94 bits per heavy atom. The number of rotatable bonds is 1. The van der Waals surface area contributed by atoms with Gasteiger partial charge < -0.3 is 10.6 Å². The molecule has 0 aromatic heterocycles. The minimum atomic E-state index is -0.120. The SMILES string of the molecule is CC(C)(C)NC(=O)[C@@H]1C[C@@H]2CCC[C@@H]2CN1. The smallest absolute Gasteiger partial charge is 0.237 e. The van der Waals surface area contributed by atoms with Crippen molar-refractivity contribution in [3.05, 3.63) is 0 Å². The molecule has 0 radical (unpaired) electrons. The van der Waals surface area contributed by atoms with Crippen molar-refractivity contribution >= 4 is 5.91 Å². The summed E-state index contributed by atoms with van der Waals surface area (Å²) in [6, 6.07) is 0.0403. The summed E-state index contributed by atoms with van der Waals surface area (Å²) in [7, 11) is 0. The molecule has 1 heterocycles. The van der Waals surface area contributed by atoms with Crippen molar-refractivity contribution in [1.82, 2.24) is 10.6 Å². The molecule has 0 spiro atoms. The molecular weight excluding hydrogens is 200 g/mol. The molecule has 1 saturated carbocycles. The number of amides is 1. The maximum absolute atomic E-state index is 12.0. The standard InChI is InChI=1S/C13H24N2O/c1-13(2,3)15-12(16)11-7-9-5-4-6-10(9)8-14-11/h9-11,14H,4-8H2,1-3H3,(H,15,16)/t9-,10+,11-/m0/s1.